The number of alkyl halides is 6. The Bertz CT molecular complexity index is 770. The van der Waals surface area contributed by atoms with E-state index in [1.165, 1.54) is 0 Å². The zero-order chi connectivity index (χ0) is 19.5. The van der Waals surface area contributed by atoms with Crippen LogP contribution in [0.15, 0.2) is 23.1 Å². The molecule has 0 bridgehead atoms. The third-order valence-electron chi connectivity index (χ3n) is 5.02. The molecule has 0 spiro atoms. The van der Waals surface area contributed by atoms with Crippen LogP contribution in [0.4, 0.5) is 26.3 Å². The highest BCUT2D eigenvalue weighted by Crippen LogP contribution is 2.44. The first-order valence-corrected chi connectivity index (χ1v) is 9.25. The molecule has 1 aliphatic heterocycles. The van der Waals surface area contributed by atoms with Gasteiger partial charge in [0.05, 0.1) is 16.0 Å². The summed E-state index contributed by atoms with van der Waals surface area (Å²) in [5, 5.41) is 0. The number of hydrogen-bond acceptors (Lipinski definition) is 2. The van der Waals surface area contributed by atoms with E-state index in [0.717, 1.165) is 4.31 Å². The molecule has 26 heavy (non-hydrogen) atoms. The minimum absolute atomic E-state index is 0.0139. The quantitative estimate of drug-likeness (QED) is 0.708. The van der Waals surface area contributed by atoms with Gasteiger partial charge in [0.15, 0.2) is 0 Å². The minimum atomic E-state index is -5.11. The largest absolute Gasteiger partial charge is 0.416 e. The summed E-state index contributed by atoms with van der Waals surface area (Å²) in [5.41, 5.74) is -3.33. The first kappa shape index (κ1) is 19.5. The fourth-order valence-electron chi connectivity index (χ4n) is 3.65. The Morgan fingerprint density at radius 2 is 1.46 bits per heavy atom. The number of hydrogen-bond donors (Lipinski definition) is 0. The van der Waals surface area contributed by atoms with E-state index < -0.39 is 44.3 Å². The fraction of sp³-hybridized carbons (Fsp3) is 0.562. The lowest BCUT2D eigenvalue weighted by Gasteiger charge is -2.20. The van der Waals surface area contributed by atoms with Crippen LogP contribution in [0.3, 0.4) is 0 Å². The van der Waals surface area contributed by atoms with Gasteiger partial charge >= 0.3 is 12.4 Å². The van der Waals surface area contributed by atoms with Crippen LogP contribution in [-0.4, -0.2) is 25.8 Å². The zero-order valence-electron chi connectivity index (χ0n) is 13.2. The molecule has 0 amide bonds. The molecular weight excluding hydrogens is 384 g/mol. The fourth-order valence-corrected chi connectivity index (χ4v) is 5.25. The SMILES string of the molecule is [C]C1CCC2CN(S(=O)(=O)c3cc(C(F)(F)F)cc(C(F)(F)F)c3)C[C@H]12. The maximum absolute atomic E-state index is 12.9. The molecule has 1 aliphatic carbocycles. The van der Waals surface area contributed by atoms with E-state index in [1.54, 1.807) is 0 Å². The Morgan fingerprint density at radius 3 is 1.92 bits per heavy atom. The molecule has 1 heterocycles. The molecule has 3 nitrogen and oxygen atoms in total. The lowest BCUT2D eigenvalue weighted by Crippen LogP contribution is -2.30. The van der Waals surface area contributed by atoms with E-state index in [2.05, 4.69) is 0 Å². The maximum Gasteiger partial charge on any atom is 0.416 e. The minimum Gasteiger partial charge on any atom is -0.207 e. The van der Waals surface area contributed by atoms with Gasteiger partial charge in [-0.25, -0.2) is 8.42 Å². The van der Waals surface area contributed by atoms with Crippen molar-refractivity contribution in [2.75, 3.05) is 13.1 Å². The van der Waals surface area contributed by atoms with Gasteiger partial charge in [0.2, 0.25) is 10.0 Å². The van der Waals surface area contributed by atoms with Gasteiger partial charge in [0, 0.05) is 13.1 Å². The van der Waals surface area contributed by atoms with E-state index in [4.69, 9.17) is 6.92 Å². The number of sulfonamides is 1. The summed E-state index contributed by atoms with van der Waals surface area (Å²) in [6, 6.07) is 0.366. The average molecular weight is 398 g/mol. The van der Waals surface area contributed by atoms with Crippen molar-refractivity contribution in [1.82, 2.24) is 4.31 Å². The topological polar surface area (TPSA) is 37.4 Å². The Labute approximate surface area is 147 Å². The van der Waals surface area contributed by atoms with Crippen LogP contribution in [-0.2, 0) is 22.4 Å². The summed E-state index contributed by atoms with van der Waals surface area (Å²) in [6.07, 6.45) is -8.98. The number of benzene rings is 1. The molecule has 3 radical (unpaired) electrons. The van der Waals surface area contributed by atoms with E-state index >= 15 is 0 Å². The first-order valence-electron chi connectivity index (χ1n) is 7.81. The highest BCUT2D eigenvalue weighted by molar-refractivity contribution is 7.89. The second-order valence-corrected chi connectivity index (χ2v) is 8.61. The number of nitrogens with zero attached hydrogens (tertiary/aromatic N) is 1. The summed E-state index contributed by atoms with van der Waals surface area (Å²) in [7, 11) is -4.52. The van der Waals surface area contributed by atoms with Gasteiger partial charge in [-0.2, -0.15) is 30.6 Å². The van der Waals surface area contributed by atoms with Gasteiger partial charge in [-0.1, -0.05) is 0 Å². The van der Waals surface area contributed by atoms with Gasteiger partial charge in [-0.15, -0.1) is 0 Å². The zero-order valence-corrected chi connectivity index (χ0v) is 14.0. The standard InChI is InChI=1S/C16H14F6NO2S/c1-9-2-3-10-7-23(8-14(9)10)26(24,25)13-5-11(15(17,18)19)4-12(6-13)16(20,21)22/h4-6,9-10,14H,2-3,7-8H2/t9?,10?,14-/m1/s1. The number of rotatable bonds is 2. The predicted molar refractivity (Wildman–Crippen MR) is 78.2 cm³/mol. The van der Waals surface area contributed by atoms with Crippen molar-refractivity contribution < 1.29 is 34.8 Å². The molecule has 1 aromatic rings. The van der Waals surface area contributed by atoms with Gasteiger partial charge in [-0.3, -0.25) is 0 Å². The number of halogens is 6. The molecule has 10 heteroatoms. The smallest absolute Gasteiger partial charge is 0.207 e. The van der Waals surface area contributed by atoms with Crippen molar-refractivity contribution >= 4 is 10.0 Å². The monoisotopic (exact) mass is 398 g/mol. The van der Waals surface area contributed by atoms with Crippen molar-refractivity contribution in [2.24, 2.45) is 17.8 Å². The Morgan fingerprint density at radius 1 is 0.923 bits per heavy atom. The molecule has 2 unspecified atom stereocenters. The summed E-state index contributed by atoms with van der Waals surface area (Å²) < 4.78 is 104. The lowest BCUT2D eigenvalue weighted by atomic mass is 9.94. The van der Waals surface area contributed by atoms with Crippen molar-refractivity contribution in [3.63, 3.8) is 0 Å². The lowest BCUT2D eigenvalue weighted by molar-refractivity contribution is -0.143. The highest BCUT2D eigenvalue weighted by Gasteiger charge is 2.46. The average Bonchev–Trinajstić information content (AvgIpc) is 3.08. The third kappa shape index (κ3) is 3.45. The molecule has 2 aliphatic rings. The molecule has 0 aromatic heterocycles. The molecular formula is C16H14F6NO2S. The van der Waals surface area contributed by atoms with Crippen LogP contribution < -0.4 is 0 Å². The summed E-state index contributed by atoms with van der Waals surface area (Å²) in [4.78, 5) is -1.03. The Kier molecular flexibility index (Phi) is 4.58. The molecule has 3 rings (SSSR count). The molecule has 1 saturated heterocycles. The molecule has 3 atom stereocenters. The second kappa shape index (κ2) is 6.12. The molecule has 1 saturated carbocycles. The summed E-state index contributed by atoms with van der Waals surface area (Å²) in [5.74, 6) is -0.787. The highest BCUT2D eigenvalue weighted by atomic mass is 32.2. The van der Waals surface area contributed by atoms with Crippen molar-refractivity contribution in [2.45, 2.75) is 30.1 Å². The van der Waals surface area contributed by atoms with E-state index in [9.17, 15) is 34.8 Å². The first-order chi connectivity index (χ1) is 11.8. The van der Waals surface area contributed by atoms with Gasteiger partial charge in [0.1, 0.15) is 0 Å². The van der Waals surface area contributed by atoms with Gasteiger partial charge < -0.3 is 0 Å². The maximum atomic E-state index is 12.9. The van der Waals surface area contributed by atoms with Crippen LogP contribution >= 0.6 is 0 Å². The third-order valence-corrected chi connectivity index (χ3v) is 6.83. The molecule has 0 N–H and O–H groups in total. The van der Waals surface area contributed by atoms with Crippen LogP contribution in [0.5, 0.6) is 0 Å². The summed E-state index contributed by atoms with van der Waals surface area (Å²) >= 11 is 0. The summed E-state index contributed by atoms with van der Waals surface area (Å²) in [6.45, 7) is 7.83. The molecule has 1 aromatic carbocycles. The van der Waals surface area contributed by atoms with Gasteiger partial charge in [0.25, 0.3) is 0 Å². The normalized spacial score (nSPS) is 27.7. The Hall–Kier alpha value is -1.29. The Balaban J connectivity index is 2.02. The predicted octanol–water partition coefficient (Wildman–Crippen LogP) is 3.96. The number of fused-ring (bicyclic) bond motifs is 1. The van der Waals surface area contributed by atoms with Crippen molar-refractivity contribution in [1.29, 1.82) is 0 Å². The van der Waals surface area contributed by atoms with Crippen LogP contribution in [0.25, 0.3) is 0 Å². The molecule has 143 valence electrons. The second-order valence-electron chi connectivity index (χ2n) is 6.67. The van der Waals surface area contributed by atoms with Crippen LogP contribution in [0.1, 0.15) is 24.0 Å². The van der Waals surface area contributed by atoms with E-state index in [0.29, 0.717) is 12.8 Å². The van der Waals surface area contributed by atoms with Crippen LogP contribution in [0, 0.1) is 24.7 Å². The van der Waals surface area contributed by atoms with Crippen LogP contribution in [0.2, 0.25) is 0 Å². The van der Waals surface area contributed by atoms with Gasteiger partial charge in [-0.05, 0) is 55.7 Å². The van der Waals surface area contributed by atoms with E-state index in [-0.39, 0.29) is 43.1 Å². The van der Waals surface area contributed by atoms with Crippen molar-refractivity contribution in [3.05, 3.63) is 36.2 Å². The molecule has 2 fully saturated rings. The van der Waals surface area contributed by atoms with Crippen molar-refractivity contribution in [3.8, 4) is 0 Å². The van der Waals surface area contributed by atoms with E-state index in [1.807, 2.05) is 0 Å².